The van der Waals surface area contributed by atoms with Crippen LogP contribution in [0.4, 0.5) is 5.69 Å². The molecule has 0 aliphatic carbocycles. The number of anilines is 1. The lowest BCUT2D eigenvalue weighted by molar-refractivity contribution is -0.141. The second-order valence-electron chi connectivity index (χ2n) is 9.30. The van der Waals surface area contributed by atoms with Crippen LogP contribution in [0.1, 0.15) is 28.7 Å². The number of ether oxygens (including phenoxy) is 3. The Kier molecular flexibility index (Phi) is 8.68. The van der Waals surface area contributed by atoms with E-state index in [9.17, 15) is 14.4 Å². The third kappa shape index (κ3) is 6.36. The summed E-state index contributed by atoms with van der Waals surface area (Å²) in [4.78, 5) is 41.1. The molecule has 12 heteroatoms. The zero-order valence-electron chi connectivity index (χ0n) is 22.9. The molecular formula is C30H27ClN4O7. The van der Waals surface area contributed by atoms with E-state index >= 15 is 0 Å². The second-order valence-corrected chi connectivity index (χ2v) is 9.71. The molecule has 5 rings (SSSR count). The molecule has 0 unspecified atom stereocenters. The van der Waals surface area contributed by atoms with Crippen molar-refractivity contribution in [2.45, 2.75) is 20.0 Å². The highest BCUT2D eigenvalue weighted by Crippen LogP contribution is 2.32. The molecule has 1 aromatic heterocycles. The summed E-state index contributed by atoms with van der Waals surface area (Å²) < 4.78 is 21.7. The van der Waals surface area contributed by atoms with Gasteiger partial charge in [-0.1, -0.05) is 41.9 Å². The summed E-state index contributed by atoms with van der Waals surface area (Å²) in [6.45, 7) is 1.59. The lowest BCUT2D eigenvalue weighted by Gasteiger charge is -2.23. The van der Waals surface area contributed by atoms with Gasteiger partial charge in [0.15, 0.2) is 0 Å². The molecule has 0 spiro atoms. The third-order valence-corrected chi connectivity index (χ3v) is 6.81. The summed E-state index contributed by atoms with van der Waals surface area (Å²) in [5.74, 6) is 0.363. The van der Waals surface area contributed by atoms with Gasteiger partial charge in [-0.2, -0.15) is 0 Å². The van der Waals surface area contributed by atoms with Crippen LogP contribution in [0.3, 0.4) is 0 Å². The fourth-order valence-electron chi connectivity index (χ4n) is 4.51. The smallest absolute Gasteiger partial charge is 0.302 e. The van der Waals surface area contributed by atoms with Crippen molar-refractivity contribution in [1.82, 2.24) is 15.1 Å². The van der Waals surface area contributed by atoms with E-state index in [-0.39, 0.29) is 61.1 Å². The Morgan fingerprint density at radius 3 is 2.57 bits per heavy atom. The number of carbonyl (C=O) groups is 3. The van der Waals surface area contributed by atoms with Crippen molar-refractivity contribution in [3.05, 3.63) is 88.8 Å². The molecule has 0 saturated heterocycles. The highest BCUT2D eigenvalue weighted by atomic mass is 35.5. The molecule has 0 atom stereocenters. The van der Waals surface area contributed by atoms with Crippen molar-refractivity contribution in [3.63, 3.8) is 0 Å². The number of fused-ring (bicyclic) bond motifs is 1. The van der Waals surface area contributed by atoms with Gasteiger partial charge in [0.25, 0.3) is 11.8 Å². The first-order chi connectivity index (χ1) is 20.3. The molecule has 0 N–H and O–H groups in total. The highest BCUT2D eigenvalue weighted by Gasteiger charge is 2.31. The van der Waals surface area contributed by atoms with Gasteiger partial charge in [-0.15, -0.1) is 10.2 Å². The van der Waals surface area contributed by atoms with E-state index in [0.29, 0.717) is 22.7 Å². The van der Waals surface area contributed by atoms with Crippen LogP contribution in [0.25, 0.3) is 11.5 Å². The van der Waals surface area contributed by atoms with Gasteiger partial charge in [0.05, 0.1) is 29.8 Å². The summed E-state index contributed by atoms with van der Waals surface area (Å²) in [6, 6.07) is 19.2. The van der Waals surface area contributed by atoms with Crippen molar-refractivity contribution in [2.24, 2.45) is 0 Å². The Morgan fingerprint density at radius 1 is 1.00 bits per heavy atom. The predicted octanol–water partition coefficient (Wildman–Crippen LogP) is 4.53. The average molecular weight is 591 g/mol. The highest BCUT2D eigenvalue weighted by molar-refractivity contribution is 6.34. The standard InChI is InChI=1S/C30H27ClN4O7/c1-19(36)40-13-14-41-21-11-12-22(24(31)15-21)30(38)35-18-28(37)34(16-20-7-3-5-9-25(20)35)17-27-32-33-29(42-27)23-8-4-6-10-26(23)39-2/h3-12,15H,13-14,16-18H2,1-2H3. The lowest BCUT2D eigenvalue weighted by atomic mass is 10.1. The van der Waals surface area contributed by atoms with E-state index in [1.165, 1.54) is 17.9 Å². The van der Waals surface area contributed by atoms with Gasteiger partial charge in [-0.05, 0) is 42.0 Å². The van der Waals surface area contributed by atoms with Gasteiger partial charge in [0.2, 0.25) is 11.8 Å². The van der Waals surface area contributed by atoms with E-state index in [0.717, 1.165) is 5.56 Å². The number of methoxy groups -OCH3 is 1. The van der Waals surface area contributed by atoms with Gasteiger partial charge in [-0.25, -0.2) is 0 Å². The molecular weight excluding hydrogens is 564 g/mol. The number of benzene rings is 3. The fourth-order valence-corrected chi connectivity index (χ4v) is 4.76. The number of halogens is 1. The summed E-state index contributed by atoms with van der Waals surface area (Å²) in [5.41, 5.74) is 2.21. The quantitative estimate of drug-likeness (QED) is 0.204. The van der Waals surface area contributed by atoms with Crippen LogP contribution in [0.2, 0.25) is 5.02 Å². The van der Waals surface area contributed by atoms with E-state index in [1.54, 1.807) is 48.4 Å². The van der Waals surface area contributed by atoms with Crippen molar-refractivity contribution >= 4 is 35.1 Å². The number of esters is 1. The van der Waals surface area contributed by atoms with Crippen LogP contribution in [0.5, 0.6) is 11.5 Å². The Labute approximate surface area is 246 Å². The summed E-state index contributed by atoms with van der Waals surface area (Å²) >= 11 is 6.48. The van der Waals surface area contributed by atoms with Crippen LogP contribution < -0.4 is 14.4 Å². The van der Waals surface area contributed by atoms with Crippen LogP contribution in [-0.4, -0.2) is 59.7 Å². The van der Waals surface area contributed by atoms with E-state index < -0.39 is 11.9 Å². The Balaban J connectivity index is 1.34. The normalized spacial score (nSPS) is 12.9. The van der Waals surface area contributed by atoms with Gasteiger partial charge in [0.1, 0.15) is 31.3 Å². The first-order valence-corrected chi connectivity index (χ1v) is 13.4. The van der Waals surface area contributed by atoms with E-state index in [4.69, 9.17) is 30.2 Å². The topological polar surface area (TPSA) is 124 Å². The lowest BCUT2D eigenvalue weighted by Crippen LogP contribution is -2.40. The summed E-state index contributed by atoms with van der Waals surface area (Å²) in [6.07, 6.45) is 0. The minimum atomic E-state index is -0.439. The number of hydrogen-bond donors (Lipinski definition) is 0. The van der Waals surface area contributed by atoms with Crippen LogP contribution in [0, 0.1) is 0 Å². The monoisotopic (exact) mass is 590 g/mol. The second kappa shape index (κ2) is 12.7. The van der Waals surface area contributed by atoms with Crippen LogP contribution in [0.15, 0.2) is 71.1 Å². The maximum atomic E-state index is 13.7. The Hall–Kier alpha value is -4.90. The van der Waals surface area contributed by atoms with Gasteiger partial charge in [-0.3, -0.25) is 19.3 Å². The number of carbonyl (C=O) groups excluding carboxylic acids is 3. The Bertz CT molecular complexity index is 1620. The molecule has 0 bridgehead atoms. The molecule has 1 aliphatic rings. The average Bonchev–Trinajstić information content (AvgIpc) is 3.40. The molecule has 216 valence electrons. The number of amides is 2. The van der Waals surface area contributed by atoms with Crippen molar-refractivity contribution in [3.8, 4) is 23.0 Å². The number of aromatic nitrogens is 2. The molecule has 4 aromatic rings. The van der Waals surface area contributed by atoms with Gasteiger partial charge < -0.3 is 23.5 Å². The molecule has 0 saturated carbocycles. The molecule has 1 aliphatic heterocycles. The maximum absolute atomic E-state index is 13.7. The maximum Gasteiger partial charge on any atom is 0.302 e. The van der Waals surface area contributed by atoms with Crippen molar-refractivity contribution in [1.29, 1.82) is 0 Å². The molecule has 42 heavy (non-hydrogen) atoms. The van der Waals surface area contributed by atoms with Crippen LogP contribution in [-0.2, 0) is 27.4 Å². The van der Waals surface area contributed by atoms with E-state index in [1.807, 2.05) is 24.3 Å². The molecule has 0 radical (unpaired) electrons. The predicted molar refractivity (Wildman–Crippen MR) is 152 cm³/mol. The largest absolute Gasteiger partial charge is 0.496 e. The number of para-hydroxylation sites is 2. The number of nitrogens with zero attached hydrogens (tertiary/aromatic N) is 4. The number of rotatable bonds is 9. The molecule has 3 aromatic carbocycles. The minimum absolute atomic E-state index is 0.0531. The first-order valence-electron chi connectivity index (χ1n) is 13.0. The summed E-state index contributed by atoms with van der Waals surface area (Å²) in [5, 5.41) is 8.44. The first kappa shape index (κ1) is 28.6. The molecule has 0 fully saturated rings. The van der Waals surface area contributed by atoms with E-state index in [2.05, 4.69) is 10.2 Å². The zero-order valence-corrected chi connectivity index (χ0v) is 23.7. The van der Waals surface area contributed by atoms with Crippen LogP contribution >= 0.6 is 11.6 Å². The van der Waals surface area contributed by atoms with Crippen molar-refractivity contribution in [2.75, 3.05) is 31.8 Å². The molecule has 2 heterocycles. The molecule has 11 nitrogen and oxygen atoms in total. The number of hydrogen-bond acceptors (Lipinski definition) is 9. The minimum Gasteiger partial charge on any atom is -0.496 e. The molecule has 2 amide bonds. The zero-order chi connectivity index (χ0) is 29.6. The third-order valence-electron chi connectivity index (χ3n) is 6.49. The Morgan fingerprint density at radius 2 is 1.79 bits per heavy atom. The van der Waals surface area contributed by atoms with Gasteiger partial charge >= 0.3 is 5.97 Å². The fraction of sp³-hybridized carbons (Fsp3) is 0.233. The summed E-state index contributed by atoms with van der Waals surface area (Å²) in [7, 11) is 1.56. The van der Waals surface area contributed by atoms with Crippen molar-refractivity contribution < 1.29 is 33.0 Å². The SMILES string of the molecule is COc1ccccc1-c1nnc(CN2Cc3ccccc3N(C(=O)c3ccc(OCCOC(C)=O)cc3Cl)CC2=O)o1. The van der Waals surface area contributed by atoms with Gasteiger partial charge in [0, 0.05) is 19.2 Å².